The third-order valence-corrected chi connectivity index (χ3v) is 5.68. The molecule has 144 valence electrons. The Morgan fingerprint density at radius 3 is 2.07 bits per heavy atom. The van der Waals surface area contributed by atoms with Crippen LogP contribution in [0.2, 0.25) is 0 Å². The van der Waals surface area contributed by atoms with E-state index in [-0.39, 0.29) is 0 Å². The third kappa shape index (κ3) is 2.28. The second kappa shape index (κ2) is 6.16. The van der Waals surface area contributed by atoms with Crippen molar-refractivity contribution in [3.05, 3.63) is 103 Å². The molecule has 0 unspecified atom stereocenters. The lowest BCUT2D eigenvalue weighted by atomic mass is 10.1. The summed E-state index contributed by atoms with van der Waals surface area (Å²) in [6.45, 7) is 4.43. The Kier molecular flexibility index (Phi) is 3.44. The quantitative estimate of drug-likeness (QED) is 0.333. The van der Waals surface area contributed by atoms with Crippen molar-refractivity contribution in [3.8, 4) is 0 Å². The molecule has 0 atom stereocenters. The highest BCUT2D eigenvalue weighted by Crippen LogP contribution is 2.50. The molecule has 0 amide bonds. The average Bonchev–Trinajstić information content (AvgIpc) is 3.28. The highest BCUT2D eigenvalue weighted by molar-refractivity contribution is 6.07. The van der Waals surface area contributed by atoms with Gasteiger partial charge in [-0.1, -0.05) is 49.0 Å². The van der Waals surface area contributed by atoms with E-state index in [1.807, 2.05) is 60.7 Å². The van der Waals surface area contributed by atoms with Gasteiger partial charge in [-0.05, 0) is 48.5 Å². The lowest BCUT2D eigenvalue weighted by Crippen LogP contribution is -2.21. The number of anilines is 5. The van der Waals surface area contributed by atoms with Crippen LogP contribution in [0.1, 0.15) is 0 Å². The maximum atomic E-state index is 6.31. The molecule has 2 N–H and O–H groups in total. The van der Waals surface area contributed by atoms with Gasteiger partial charge in [0.1, 0.15) is 17.0 Å². The number of para-hydroxylation sites is 5. The van der Waals surface area contributed by atoms with E-state index in [4.69, 9.17) is 10.2 Å². The van der Waals surface area contributed by atoms with E-state index in [1.165, 1.54) is 0 Å². The number of nitrogen functional groups attached to an aromatic ring is 1. The molecular formula is C26H19N3O. The minimum Gasteiger partial charge on any atom is -0.456 e. The number of nitrogens with zero attached hydrogens (tertiary/aromatic N) is 2. The lowest BCUT2D eigenvalue weighted by molar-refractivity contribution is 0.669. The van der Waals surface area contributed by atoms with Gasteiger partial charge in [0.05, 0.1) is 22.7 Å². The molecular weight excluding hydrogens is 370 g/mol. The zero-order valence-corrected chi connectivity index (χ0v) is 16.2. The van der Waals surface area contributed by atoms with Gasteiger partial charge in [-0.25, -0.2) is 0 Å². The van der Waals surface area contributed by atoms with Gasteiger partial charge in [-0.2, -0.15) is 0 Å². The van der Waals surface area contributed by atoms with Gasteiger partial charge in [0.2, 0.25) is 0 Å². The average molecular weight is 389 g/mol. The Balaban J connectivity index is 1.55. The van der Waals surface area contributed by atoms with Crippen LogP contribution in [0.25, 0.3) is 21.9 Å². The van der Waals surface area contributed by atoms with E-state index in [9.17, 15) is 0 Å². The van der Waals surface area contributed by atoms with Crippen molar-refractivity contribution in [2.45, 2.75) is 0 Å². The molecule has 0 radical (unpaired) electrons. The summed E-state index contributed by atoms with van der Waals surface area (Å²) in [7, 11) is 0. The molecule has 0 fully saturated rings. The van der Waals surface area contributed by atoms with Crippen LogP contribution < -0.4 is 15.5 Å². The standard InChI is InChI=1S/C26H19N3O/c1-17-28(18-14-15-26-20(16-18)19-8-2-7-13-25(19)30-26)23-11-5-6-12-24(23)29(17)22-10-4-3-9-21(22)27/h2-16H,1,27H2. The van der Waals surface area contributed by atoms with Crippen LogP contribution in [0.4, 0.5) is 28.4 Å². The molecule has 4 aromatic carbocycles. The topological polar surface area (TPSA) is 45.6 Å². The second-order valence-corrected chi connectivity index (χ2v) is 7.41. The summed E-state index contributed by atoms with van der Waals surface area (Å²) in [5.41, 5.74) is 12.9. The first-order valence-corrected chi connectivity index (χ1v) is 9.86. The van der Waals surface area contributed by atoms with Crippen LogP contribution in [-0.4, -0.2) is 0 Å². The second-order valence-electron chi connectivity index (χ2n) is 7.41. The van der Waals surface area contributed by atoms with E-state index in [0.717, 1.165) is 50.5 Å². The molecule has 1 aliphatic heterocycles. The van der Waals surface area contributed by atoms with Gasteiger partial charge in [-0.3, -0.25) is 9.80 Å². The monoisotopic (exact) mass is 389 g/mol. The number of benzene rings is 4. The molecule has 2 heterocycles. The highest BCUT2D eigenvalue weighted by Gasteiger charge is 2.32. The van der Waals surface area contributed by atoms with Crippen molar-refractivity contribution >= 4 is 50.4 Å². The van der Waals surface area contributed by atoms with Crippen LogP contribution in [-0.2, 0) is 0 Å². The number of nitrogens with two attached hydrogens (primary N) is 1. The first-order chi connectivity index (χ1) is 14.7. The minimum atomic E-state index is 0.714. The summed E-state index contributed by atoms with van der Waals surface area (Å²) in [6, 6.07) is 30.5. The number of fused-ring (bicyclic) bond motifs is 4. The first-order valence-electron chi connectivity index (χ1n) is 9.86. The Hall–Kier alpha value is -4.18. The normalized spacial score (nSPS) is 13.4. The van der Waals surface area contributed by atoms with Crippen molar-refractivity contribution in [1.29, 1.82) is 0 Å². The molecule has 1 aliphatic rings. The SMILES string of the molecule is C=C1N(c2ccc3oc4ccccc4c3c2)c2ccccc2N1c1ccccc1N. The fraction of sp³-hybridized carbons (Fsp3) is 0. The summed E-state index contributed by atoms with van der Waals surface area (Å²) < 4.78 is 6.00. The Morgan fingerprint density at radius 1 is 0.633 bits per heavy atom. The largest absolute Gasteiger partial charge is 0.456 e. The maximum Gasteiger partial charge on any atom is 0.135 e. The molecule has 5 aromatic rings. The fourth-order valence-electron chi connectivity index (χ4n) is 4.32. The van der Waals surface area contributed by atoms with Crippen molar-refractivity contribution in [3.63, 3.8) is 0 Å². The molecule has 0 bridgehead atoms. The summed E-state index contributed by atoms with van der Waals surface area (Å²) in [4.78, 5) is 4.28. The fourth-order valence-corrected chi connectivity index (χ4v) is 4.32. The number of furan rings is 1. The van der Waals surface area contributed by atoms with Crippen LogP contribution in [0, 0.1) is 0 Å². The van der Waals surface area contributed by atoms with Crippen molar-refractivity contribution in [1.82, 2.24) is 0 Å². The molecule has 0 aliphatic carbocycles. The van der Waals surface area contributed by atoms with E-state index in [1.54, 1.807) is 0 Å². The summed E-state index contributed by atoms with van der Waals surface area (Å²) in [5.74, 6) is 0.834. The van der Waals surface area contributed by atoms with E-state index < -0.39 is 0 Å². The predicted molar refractivity (Wildman–Crippen MR) is 124 cm³/mol. The van der Waals surface area contributed by atoms with E-state index in [0.29, 0.717) is 5.69 Å². The summed E-state index contributed by atoms with van der Waals surface area (Å²) >= 11 is 0. The van der Waals surface area contributed by atoms with Gasteiger partial charge in [0.25, 0.3) is 0 Å². The molecule has 30 heavy (non-hydrogen) atoms. The Labute approximate surface area is 174 Å². The minimum absolute atomic E-state index is 0.714. The number of hydrogen-bond acceptors (Lipinski definition) is 4. The maximum absolute atomic E-state index is 6.31. The van der Waals surface area contributed by atoms with Gasteiger partial charge < -0.3 is 10.2 Å². The van der Waals surface area contributed by atoms with Crippen molar-refractivity contribution in [2.24, 2.45) is 0 Å². The lowest BCUT2D eigenvalue weighted by Gasteiger charge is -2.25. The third-order valence-electron chi connectivity index (χ3n) is 5.68. The molecule has 0 saturated heterocycles. The van der Waals surface area contributed by atoms with Gasteiger partial charge in [0.15, 0.2) is 0 Å². The smallest absolute Gasteiger partial charge is 0.135 e. The van der Waals surface area contributed by atoms with Crippen molar-refractivity contribution in [2.75, 3.05) is 15.5 Å². The summed E-state index contributed by atoms with van der Waals surface area (Å²) in [5, 5.41) is 2.20. The predicted octanol–water partition coefficient (Wildman–Crippen LogP) is 6.93. The summed E-state index contributed by atoms with van der Waals surface area (Å²) in [6.07, 6.45) is 0. The molecule has 4 heteroatoms. The van der Waals surface area contributed by atoms with Crippen molar-refractivity contribution < 1.29 is 4.42 Å². The molecule has 0 saturated carbocycles. The Morgan fingerprint density at radius 2 is 1.27 bits per heavy atom. The van der Waals surface area contributed by atoms with Crippen LogP contribution in [0.3, 0.4) is 0 Å². The number of rotatable bonds is 2. The highest BCUT2D eigenvalue weighted by atomic mass is 16.3. The molecule has 0 spiro atoms. The van der Waals surface area contributed by atoms with E-state index >= 15 is 0 Å². The molecule has 6 rings (SSSR count). The number of hydrogen-bond donors (Lipinski definition) is 1. The zero-order chi connectivity index (χ0) is 20.2. The van der Waals surface area contributed by atoms with Crippen LogP contribution in [0.5, 0.6) is 0 Å². The molecule has 4 nitrogen and oxygen atoms in total. The van der Waals surface area contributed by atoms with E-state index in [2.05, 4.69) is 46.7 Å². The Bertz CT molecular complexity index is 1450. The van der Waals surface area contributed by atoms with Gasteiger partial charge in [-0.15, -0.1) is 0 Å². The van der Waals surface area contributed by atoms with Crippen LogP contribution in [0.15, 0.2) is 108 Å². The van der Waals surface area contributed by atoms with Gasteiger partial charge >= 0.3 is 0 Å². The van der Waals surface area contributed by atoms with Gasteiger partial charge in [0, 0.05) is 16.5 Å². The van der Waals surface area contributed by atoms with Crippen LogP contribution >= 0.6 is 0 Å². The molecule has 1 aromatic heterocycles. The first kappa shape index (κ1) is 16.7. The zero-order valence-electron chi connectivity index (χ0n) is 16.2.